The molecule has 0 fully saturated rings. The van der Waals surface area contributed by atoms with E-state index in [4.69, 9.17) is 16.0 Å². The Morgan fingerprint density at radius 2 is 2.00 bits per heavy atom. The van der Waals surface area contributed by atoms with Crippen LogP contribution in [0.2, 0.25) is 5.15 Å². The third-order valence-corrected chi connectivity index (χ3v) is 3.61. The van der Waals surface area contributed by atoms with Gasteiger partial charge < -0.3 is 4.42 Å². The van der Waals surface area contributed by atoms with Crippen LogP contribution in [0.4, 0.5) is 0 Å². The van der Waals surface area contributed by atoms with Crippen LogP contribution in [0.15, 0.2) is 34.9 Å². The minimum atomic E-state index is 0.507. The molecule has 1 aromatic carbocycles. The van der Waals surface area contributed by atoms with Gasteiger partial charge in [0.25, 0.3) is 0 Å². The second-order valence-corrected chi connectivity index (χ2v) is 4.77. The number of furan rings is 1. The minimum Gasteiger partial charge on any atom is -0.464 e. The largest absolute Gasteiger partial charge is 0.464 e. The Kier molecular flexibility index (Phi) is 2.99. The van der Waals surface area contributed by atoms with Gasteiger partial charge in [-0.15, -0.1) is 0 Å². The van der Waals surface area contributed by atoms with Crippen LogP contribution >= 0.6 is 11.6 Å². The van der Waals surface area contributed by atoms with Crippen LogP contribution in [0.1, 0.15) is 18.2 Å². The van der Waals surface area contributed by atoms with E-state index in [0.717, 1.165) is 34.2 Å². The molecule has 0 atom stereocenters. The lowest BCUT2D eigenvalue weighted by Gasteiger charge is -2.06. The highest BCUT2D eigenvalue weighted by Crippen LogP contribution is 2.30. The Bertz CT molecular complexity index is 749. The van der Waals surface area contributed by atoms with Crippen LogP contribution < -0.4 is 0 Å². The van der Waals surface area contributed by atoms with Gasteiger partial charge in [0.2, 0.25) is 0 Å². The summed E-state index contributed by atoms with van der Waals surface area (Å²) in [6.07, 6.45) is 2.52. The molecule has 3 nitrogen and oxygen atoms in total. The highest BCUT2D eigenvalue weighted by molar-refractivity contribution is 6.30. The molecule has 0 bridgehead atoms. The molecule has 0 radical (unpaired) electrons. The SMILES string of the molecule is CCc1nc(-c2coc3ccccc23)nc(Cl)c1C. The van der Waals surface area contributed by atoms with E-state index in [1.54, 1.807) is 6.26 Å². The summed E-state index contributed by atoms with van der Waals surface area (Å²) in [4.78, 5) is 8.96. The van der Waals surface area contributed by atoms with Gasteiger partial charge in [-0.3, -0.25) is 0 Å². The topological polar surface area (TPSA) is 38.9 Å². The quantitative estimate of drug-likeness (QED) is 0.649. The van der Waals surface area contributed by atoms with Gasteiger partial charge in [-0.2, -0.15) is 0 Å². The van der Waals surface area contributed by atoms with E-state index in [1.807, 2.05) is 31.2 Å². The number of para-hydroxylation sites is 1. The number of hydrogen-bond acceptors (Lipinski definition) is 3. The van der Waals surface area contributed by atoms with Crippen molar-refractivity contribution in [2.75, 3.05) is 0 Å². The molecular formula is C15H13ClN2O. The van der Waals surface area contributed by atoms with Gasteiger partial charge in [0.15, 0.2) is 5.82 Å². The van der Waals surface area contributed by atoms with Crippen molar-refractivity contribution in [1.82, 2.24) is 9.97 Å². The summed E-state index contributed by atoms with van der Waals surface area (Å²) in [5.74, 6) is 0.623. The average Bonchev–Trinajstić information content (AvgIpc) is 2.85. The van der Waals surface area contributed by atoms with Crippen molar-refractivity contribution in [2.24, 2.45) is 0 Å². The maximum absolute atomic E-state index is 6.18. The van der Waals surface area contributed by atoms with Gasteiger partial charge in [0.05, 0.1) is 5.56 Å². The van der Waals surface area contributed by atoms with Crippen molar-refractivity contribution in [3.63, 3.8) is 0 Å². The molecule has 3 rings (SSSR count). The van der Waals surface area contributed by atoms with E-state index in [1.165, 1.54) is 0 Å². The maximum atomic E-state index is 6.18. The van der Waals surface area contributed by atoms with Gasteiger partial charge >= 0.3 is 0 Å². The molecule has 0 aliphatic heterocycles. The predicted octanol–water partition coefficient (Wildman–Crippen LogP) is 4.41. The normalized spacial score (nSPS) is 11.1. The number of nitrogens with zero attached hydrogens (tertiary/aromatic N) is 2. The van der Waals surface area contributed by atoms with Crippen LogP contribution in [-0.2, 0) is 6.42 Å². The molecule has 4 heteroatoms. The third kappa shape index (κ3) is 2.00. The lowest BCUT2D eigenvalue weighted by Crippen LogP contribution is -1.99. The molecule has 3 aromatic rings. The molecule has 96 valence electrons. The number of benzene rings is 1. The highest BCUT2D eigenvalue weighted by atomic mass is 35.5. The van der Waals surface area contributed by atoms with Crippen LogP contribution in [-0.4, -0.2) is 9.97 Å². The second-order valence-electron chi connectivity index (χ2n) is 4.41. The van der Waals surface area contributed by atoms with Crippen molar-refractivity contribution >= 4 is 22.6 Å². The van der Waals surface area contributed by atoms with Crippen molar-refractivity contribution in [2.45, 2.75) is 20.3 Å². The Labute approximate surface area is 116 Å². The van der Waals surface area contributed by atoms with E-state index in [0.29, 0.717) is 11.0 Å². The molecule has 2 aromatic heterocycles. The van der Waals surface area contributed by atoms with Gasteiger partial charge in [-0.1, -0.05) is 36.7 Å². The highest BCUT2D eigenvalue weighted by Gasteiger charge is 2.14. The number of rotatable bonds is 2. The fourth-order valence-corrected chi connectivity index (χ4v) is 2.34. The van der Waals surface area contributed by atoms with Crippen molar-refractivity contribution in [3.8, 4) is 11.4 Å². The van der Waals surface area contributed by atoms with Crippen molar-refractivity contribution in [1.29, 1.82) is 0 Å². The zero-order valence-electron chi connectivity index (χ0n) is 10.8. The summed E-state index contributed by atoms with van der Waals surface area (Å²) in [5, 5.41) is 1.51. The smallest absolute Gasteiger partial charge is 0.164 e. The van der Waals surface area contributed by atoms with Crippen molar-refractivity contribution < 1.29 is 4.42 Å². The summed E-state index contributed by atoms with van der Waals surface area (Å²) in [6.45, 7) is 4.00. The molecule has 0 amide bonds. The number of aromatic nitrogens is 2. The Morgan fingerprint density at radius 3 is 2.79 bits per heavy atom. The van der Waals surface area contributed by atoms with Crippen LogP contribution in [0, 0.1) is 6.92 Å². The summed E-state index contributed by atoms with van der Waals surface area (Å²) < 4.78 is 5.52. The second kappa shape index (κ2) is 4.67. The zero-order valence-corrected chi connectivity index (χ0v) is 11.5. The summed E-state index contributed by atoms with van der Waals surface area (Å²) >= 11 is 6.18. The average molecular weight is 273 g/mol. The van der Waals surface area contributed by atoms with Gasteiger partial charge in [-0.05, 0) is 19.4 Å². The molecule has 0 aliphatic rings. The zero-order chi connectivity index (χ0) is 13.4. The summed E-state index contributed by atoms with van der Waals surface area (Å²) in [5.41, 5.74) is 3.63. The van der Waals surface area contributed by atoms with Crippen molar-refractivity contribution in [3.05, 3.63) is 46.9 Å². The fraction of sp³-hybridized carbons (Fsp3) is 0.200. The maximum Gasteiger partial charge on any atom is 0.164 e. The third-order valence-electron chi connectivity index (χ3n) is 3.24. The van der Waals surface area contributed by atoms with Gasteiger partial charge in [-0.25, -0.2) is 9.97 Å². The molecule has 0 spiro atoms. The lowest BCUT2D eigenvalue weighted by molar-refractivity contribution is 0.616. The van der Waals surface area contributed by atoms with E-state index in [2.05, 4.69) is 16.9 Å². The molecule has 2 heterocycles. The Morgan fingerprint density at radius 1 is 1.21 bits per heavy atom. The Balaban J connectivity index is 2.24. The molecular weight excluding hydrogens is 260 g/mol. The molecule has 0 unspecified atom stereocenters. The molecule has 0 aliphatic carbocycles. The first-order valence-corrected chi connectivity index (χ1v) is 6.58. The molecule has 19 heavy (non-hydrogen) atoms. The molecule has 0 saturated carbocycles. The van der Waals surface area contributed by atoms with Gasteiger partial charge in [0.1, 0.15) is 17.0 Å². The first kappa shape index (κ1) is 12.2. The van der Waals surface area contributed by atoms with E-state index >= 15 is 0 Å². The van der Waals surface area contributed by atoms with E-state index in [-0.39, 0.29) is 0 Å². The standard InChI is InChI=1S/C15H13ClN2O/c1-3-12-9(2)14(16)18-15(17-12)11-8-19-13-7-5-4-6-10(11)13/h4-8H,3H2,1-2H3. The number of fused-ring (bicyclic) bond motifs is 1. The monoisotopic (exact) mass is 272 g/mol. The van der Waals surface area contributed by atoms with Gasteiger partial charge in [0, 0.05) is 16.6 Å². The lowest BCUT2D eigenvalue weighted by atomic mass is 10.1. The number of hydrogen-bond donors (Lipinski definition) is 0. The predicted molar refractivity (Wildman–Crippen MR) is 76.4 cm³/mol. The fourth-order valence-electron chi connectivity index (χ4n) is 2.15. The van der Waals surface area contributed by atoms with Crippen LogP contribution in [0.3, 0.4) is 0 Å². The van der Waals surface area contributed by atoms with E-state index < -0.39 is 0 Å². The molecule has 0 saturated heterocycles. The first-order valence-electron chi connectivity index (χ1n) is 6.20. The minimum absolute atomic E-state index is 0.507. The Hall–Kier alpha value is -1.87. The number of halogens is 1. The number of aryl methyl sites for hydroxylation is 1. The summed E-state index contributed by atoms with van der Waals surface area (Å²) in [7, 11) is 0. The van der Waals surface area contributed by atoms with Crippen LogP contribution in [0.25, 0.3) is 22.4 Å². The first-order chi connectivity index (χ1) is 9.20. The summed E-state index contributed by atoms with van der Waals surface area (Å²) in [6, 6.07) is 7.83. The van der Waals surface area contributed by atoms with Crippen LogP contribution in [0.5, 0.6) is 0 Å². The van der Waals surface area contributed by atoms with E-state index in [9.17, 15) is 0 Å². The molecule has 0 N–H and O–H groups in total.